The van der Waals surface area contributed by atoms with E-state index in [9.17, 15) is 4.79 Å². The number of anilines is 3. The number of halogens is 1. The van der Waals surface area contributed by atoms with Crippen molar-refractivity contribution in [3.8, 4) is 5.75 Å². The Balaban J connectivity index is 1.72. The number of aromatic nitrogens is 2. The molecule has 9 nitrogen and oxygen atoms in total. The van der Waals surface area contributed by atoms with Crippen LogP contribution in [0.4, 0.5) is 17.5 Å². The van der Waals surface area contributed by atoms with E-state index in [2.05, 4.69) is 20.2 Å². The molecule has 0 saturated carbocycles. The molecule has 10 heteroatoms. The number of benzene rings is 1. The summed E-state index contributed by atoms with van der Waals surface area (Å²) in [6, 6.07) is 5.37. The average molecular weight is 462 g/mol. The molecule has 1 aromatic heterocycles. The van der Waals surface area contributed by atoms with Gasteiger partial charge < -0.3 is 30.2 Å². The van der Waals surface area contributed by atoms with Crippen molar-refractivity contribution in [3.63, 3.8) is 0 Å². The van der Waals surface area contributed by atoms with Crippen LogP contribution in [0.5, 0.6) is 5.75 Å². The third kappa shape index (κ3) is 4.40. The summed E-state index contributed by atoms with van der Waals surface area (Å²) in [4.78, 5) is 23.2. The fraction of sp³-hybridized carbons (Fsp3) is 0.500. The lowest BCUT2D eigenvalue weighted by Gasteiger charge is -2.36. The second-order valence-electron chi connectivity index (χ2n) is 8.14. The Morgan fingerprint density at radius 3 is 2.97 bits per heavy atom. The summed E-state index contributed by atoms with van der Waals surface area (Å²) in [5, 5.41) is 3.81. The summed E-state index contributed by atoms with van der Waals surface area (Å²) in [6.07, 6.45) is 0.834. The van der Waals surface area contributed by atoms with Crippen molar-refractivity contribution in [1.82, 2.24) is 9.97 Å². The number of ether oxygens (including phenoxy) is 3. The second-order valence-corrected chi connectivity index (χ2v) is 8.55. The zero-order valence-corrected chi connectivity index (χ0v) is 19.2. The number of carbonyl (C=O) groups excluding carboxylic acids is 1. The number of nitrogen functional groups attached to an aromatic ring is 1. The molecular formula is C22H28ClN5O4. The molecule has 1 aromatic carbocycles. The van der Waals surface area contributed by atoms with Crippen molar-refractivity contribution >= 4 is 35.0 Å². The van der Waals surface area contributed by atoms with Crippen LogP contribution < -0.4 is 20.7 Å². The normalized spacial score (nSPS) is 22.9. The number of nitrogens with one attached hydrogen (secondary N) is 1. The van der Waals surface area contributed by atoms with E-state index in [1.54, 1.807) is 13.8 Å². The lowest BCUT2D eigenvalue weighted by Crippen LogP contribution is -2.51. The number of nitrogens with two attached hydrogens (primary N) is 1. The molecule has 2 aromatic rings. The maximum absolute atomic E-state index is 12.5. The first-order chi connectivity index (χ1) is 15.3. The number of hydrogen-bond acceptors (Lipinski definition) is 9. The maximum atomic E-state index is 12.5. The molecule has 172 valence electrons. The minimum Gasteiger partial charge on any atom is -0.472 e. The fourth-order valence-electron chi connectivity index (χ4n) is 4.02. The fourth-order valence-corrected chi connectivity index (χ4v) is 4.31. The third-order valence-electron chi connectivity index (χ3n) is 5.61. The topological polar surface area (TPSA) is 112 Å². The van der Waals surface area contributed by atoms with Gasteiger partial charge in [0.2, 0.25) is 11.5 Å². The largest absolute Gasteiger partial charge is 0.472 e. The van der Waals surface area contributed by atoms with Crippen molar-refractivity contribution in [2.45, 2.75) is 38.8 Å². The first kappa shape index (κ1) is 22.4. The number of rotatable bonds is 4. The molecule has 4 rings (SSSR count). The first-order valence-corrected chi connectivity index (χ1v) is 11.1. The van der Waals surface area contributed by atoms with Crippen LogP contribution in [-0.2, 0) is 14.3 Å². The summed E-state index contributed by atoms with van der Waals surface area (Å²) < 4.78 is 17.2. The van der Waals surface area contributed by atoms with Gasteiger partial charge in [0.25, 0.3) is 0 Å². The molecule has 1 fully saturated rings. The van der Waals surface area contributed by atoms with E-state index in [1.807, 2.05) is 25.1 Å². The number of fused-ring (bicyclic) bond motifs is 1. The van der Waals surface area contributed by atoms with Crippen molar-refractivity contribution in [2.24, 2.45) is 0 Å². The zero-order valence-electron chi connectivity index (χ0n) is 18.5. The van der Waals surface area contributed by atoms with Gasteiger partial charge in [0.15, 0.2) is 0 Å². The van der Waals surface area contributed by atoms with Crippen LogP contribution in [0.2, 0.25) is 5.02 Å². The summed E-state index contributed by atoms with van der Waals surface area (Å²) >= 11 is 6.72. The number of nitrogens with zero attached hydrogens (tertiary/aromatic N) is 3. The summed E-state index contributed by atoms with van der Waals surface area (Å²) in [5.74, 6) is 1.06. The van der Waals surface area contributed by atoms with Gasteiger partial charge >= 0.3 is 5.97 Å². The Kier molecular flexibility index (Phi) is 6.30. The van der Waals surface area contributed by atoms with E-state index in [-0.39, 0.29) is 25.1 Å². The molecule has 0 aliphatic carbocycles. The molecule has 2 atom stereocenters. The number of carbonyl (C=O) groups is 1. The van der Waals surface area contributed by atoms with Crippen molar-refractivity contribution < 1.29 is 19.0 Å². The van der Waals surface area contributed by atoms with Gasteiger partial charge in [-0.3, -0.25) is 0 Å². The monoisotopic (exact) mass is 461 g/mol. The molecule has 0 bridgehead atoms. The quantitative estimate of drug-likeness (QED) is 0.663. The number of hydrogen-bond donors (Lipinski definition) is 2. The average Bonchev–Trinajstić information content (AvgIpc) is 2.99. The van der Waals surface area contributed by atoms with Gasteiger partial charge in [0.1, 0.15) is 11.6 Å². The highest BCUT2D eigenvalue weighted by atomic mass is 35.5. The van der Waals surface area contributed by atoms with Crippen LogP contribution in [-0.4, -0.2) is 54.4 Å². The van der Waals surface area contributed by atoms with Crippen LogP contribution in [0.25, 0.3) is 0 Å². The molecule has 0 unspecified atom stereocenters. The molecule has 2 aliphatic rings. The second kappa shape index (κ2) is 8.99. The molecular weight excluding hydrogens is 434 g/mol. The standard InChI is InChI=1S/C22H28ClN5O4/c1-4-31-20(29)22(3)12-25-16-10-15(23)14(9-18(16)32-22)17-11-30-7-5-6-28(17)19-8-13(2)26-21(24)27-19/h8-10,17,25H,4-7,11-12H2,1-3H3,(H2,24,26,27)/t17-,22-/m0/s1. The summed E-state index contributed by atoms with van der Waals surface area (Å²) in [7, 11) is 0. The van der Waals surface area contributed by atoms with Crippen LogP contribution in [0.1, 0.15) is 37.6 Å². The van der Waals surface area contributed by atoms with Gasteiger partial charge in [-0.15, -0.1) is 0 Å². The highest BCUT2D eigenvalue weighted by Crippen LogP contribution is 2.42. The van der Waals surface area contributed by atoms with E-state index in [1.165, 1.54) is 0 Å². The Morgan fingerprint density at radius 2 is 2.22 bits per heavy atom. The lowest BCUT2D eigenvalue weighted by molar-refractivity contribution is -0.159. The summed E-state index contributed by atoms with van der Waals surface area (Å²) in [5.41, 5.74) is 7.11. The highest BCUT2D eigenvalue weighted by Gasteiger charge is 2.41. The van der Waals surface area contributed by atoms with Crippen molar-refractivity contribution in [1.29, 1.82) is 0 Å². The van der Waals surface area contributed by atoms with Crippen molar-refractivity contribution in [3.05, 3.63) is 34.5 Å². The smallest absolute Gasteiger partial charge is 0.352 e. The number of aryl methyl sites for hydroxylation is 1. The van der Waals surface area contributed by atoms with Gasteiger partial charge in [-0.05, 0) is 44.9 Å². The molecule has 2 aliphatic heterocycles. The van der Waals surface area contributed by atoms with Gasteiger partial charge in [-0.2, -0.15) is 4.98 Å². The zero-order chi connectivity index (χ0) is 22.9. The van der Waals surface area contributed by atoms with Gasteiger partial charge in [-0.1, -0.05) is 11.6 Å². The van der Waals surface area contributed by atoms with E-state index in [0.29, 0.717) is 30.5 Å². The van der Waals surface area contributed by atoms with Crippen LogP contribution in [0.3, 0.4) is 0 Å². The Labute approximate surface area is 192 Å². The lowest BCUT2D eigenvalue weighted by atomic mass is 10.0. The van der Waals surface area contributed by atoms with Gasteiger partial charge in [-0.25, -0.2) is 9.78 Å². The number of esters is 1. The molecule has 3 N–H and O–H groups in total. The minimum atomic E-state index is -1.13. The van der Waals surface area contributed by atoms with E-state index < -0.39 is 11.6 Å². The van der Waals surface area contributed by atoms with Crippen LogP contribution >= 0.6 is 11.6 Å². The molecule has 3 heterocycles. The molecule has 1 saturated heterocycles. The predicted octanol–water partition coefficient (Wildman–Crippen LogP) is 3.11. The molecule has 0 spiro atoms. The van der Waals surface area contributed by atoms with Gasteiger partial charge in [0.05, 0.1) is 31.5 Å². The molecule has 32 heavy (non-hydrogen) atoms. The van der Waals surface area contributed by atoms with E-state index in [0.717, 1.165) is 29.2 Å². The maximum Gasteiger partial charge on any atom is 0.352 e. The Hall–Kier alpha value is -2.78. The van der Waals surface area contributed by atoms with Crippen LogP contribution in [0, 0.1) is 6.92 Å². The SMILES string of the molecule is CCOC(=O)[C@]1(C)CNc2cc(Cl)c([C@@H]3COCCCN3c3cc(C)nc(N)n3)cc2O1. The minimum absolute atomic E-state index is 0.219. The first-order valence-electron chi connectivity index (χ1n) is 10.7. The summed E-state index contributed by atoms with van der Waals surface area (Å²) in [6.45, 7) is 7.70. The molecule has 0 amide bonds. The van der Waals surface area contributed by atoms with E-state index >= 15 is 0 Å². The van der Waals surface area contributed by atoms with Crippen LogP contribution in [0.15, 0.2) is 18.2 Å². The van der Waals surface area contributed by atoms with Gasteiger partial charge in [0, 0.05) is 29.9 Å². The predicted molar refractivity (Wildman–Crippen MR) is 122 cm³/mol. The van der Waals surface area contributed by atoms with E-state index in [4.69, 9.17) is 31.5 Å². The van der Waals surface area contributed by atoms with Crippen molar-refractivity contribution in [2.75, 3.05) is 48.9 Å². The molecule has 0 radical (unpaired) electrons. The third-order valence-corrected chi connectivity index (χ3v) is 5.94. The highest BCUT2D eigenvalue weighted by molar-refractivity contribution is 6.31. The Bertz CT molecular complexity index is 1000. The Morgan fingerprint density at radius 1 is 1.41 bits per heavy atom.